The van der Waals surface area contributed by atoms with Crippen molar-refractivity contribution in [3.05, 3.63) is 78.4 Å². The molecule has 0 bridgehead atoms. The number of pyridine rings is 1. The maximum Gasteiger partial charge on any atom is 0.253 e. The Morgan fingerprint density at radius 2 is 1.95 bits per heavy atom. The largest absolute Gasteiger partial charge is 0.496 e. The summed E-state index contributed by atoms with van der Waals surface area (Å²) < 4.78 is 20.0. The summed E-state index contributed by atoms with van der Waals surface area (Å²) in [7, 11) is 4.95. The van der Waals surface area contributed by atoms with Gasteiger partial charge in [-0.2, -0.15) is 0 Å². The van der Waals surface area contributed by atoms with E-state index in [0.29, 0.717) is 29.5 Å². The average Bonchev–Trinajstić information content (AvgIpc) is 2.96. The van der Waals surface area contributed by atoms with E-state index in [1.807, 2.05) is 30.3 Å². The van der Waals surface area contributed by atoms with E-state index in [-0.39, 0.29) is 23.3 Å². The van der Waals surface area contributed by atoms with Crippen LogP contribution in [0.15, 0.2) is 67.0 Å². The number of piperidine rings is 1. The molecule has 5 rings (SSSR count). The van der Waals surface area contributed by atoms with Gasteiger partial charge in [-0.25, -0.2) is 19.3 Å². The van der Waals surface area contributed by atoms with Gasteiger partial charge in [-0.15, -0.1) is 0 Å². The highest BCUT2D eigenvalue weighted by Gasteiger charge is 2.22. The van der Waals surface area contributed by atoms with Crippen LogP contribution in [0.3, 0.4) is 0 Å². The number of amides is 1. The molecule has 0 radical (unpaired) electrons. The fourth-order valence-corrected chi connectivity index (χ4v) is 4.88. The third kappa shape index (κ3) is 5.72. The third-order valence-electron chi connectivity index (χ3n) is 6.84. The van der Waals surface area contributed by atoms with Crippen molar-refractivity contribution in [3.63, 3.8) is 0 Å². The van der Waals surface area contributed by atoms with Gasteiger partial charge in [0.05, 0.1) is 12.7 Å². The molecule has 0 aliphatic carbocycles. The number of nitrogens with two attached hydrogens (primary N) is 1. The lowest BCUT2D eigenvalue weighted by Gasteiger charge is -2.34. The van der Waals surface area contributed by atoms with Crippen LogP contribution in [0, 0.1) is 5.82 Å². The maximum absolute atomic E-state index is 14.7. The van der Waals surface area contributed by atoms with Gasteiger partial charge in [0.25, 0.3) is 5.91 Å². The highest BCUT2D eigenvalue weighted by atomic mass is 19.1. The SMILES string of the molecule is COc1cccc(F)c1-c1nccc(Nc2cc(N3CCC[C@H](N)C3)c(-c3cccc(C(=O)N(C)C)c3)cn2)n1. The van der Waals surface area contributed by atoms with E-state index in [1.54, 1.807) is 49.6 Å². The lowest BCUT2D eigenvalue weighted by molar-refractivity contribution is 0.0827. The molecule has 1 atom stereocenters. The predicted octanol–water partition coefficient (Wildman–Crippen LogP) is 4.73. The van der Waals surface area contributed by atoms with E-state index in [0.717, 1.165) is 36.2 Å². The van der Waals surface area contributed by atoms with Crippen LogP contribution in [0.5, 0.6) is 5.75 Å². The monoisotopic (exact) mass is 541 g/mol. The highest BCUT2D eigenvalue weighted by Crippen LogP contribution is 2.35. The Morgan fingerprint density at radius 1 is 1.12 bits per heavy atom. The predicted molar refractivity (Wildman–Crippen MR) is 154 cm³/mol. The Kier molecular flexibility index (Phi) is 7.88. The summed E-state index contributed by atoms with van der Waals surface area (Å²) in [4.78, 5) is 29.9. The van der Waals surface area contributed by atoms with Crippen molar-refractivity contribution >= 4 is 23.2 Å². The van der Waals surface area contributed by atoms with Gasteiger partial charge in [0.2, 0.25) is 0 Å². The van der Waals surface area contributed by atoms with Crippen LogP contribution in [-0.2, 0) is 0 Å². The number of hydrogen-bond donors (Lipinski definition) is 2. The van der Waals surface area contributed by atoms with Crippen molar-refractivity contribution < 1.29 is 13.9 Å². The zero-order valence-electron chi connectivity index (χ0n) is 22.8. The second-order valence-electron chi connectivity index (χ2n) is 9.92. The molecule has 0 unspecified atom stereocenters. The highest BCUT2D eigenvalue weighted by molar-refractivity contribution is 5.96. The van der Waals surface area contributed by atoms with Gasteiger partial charge >= 0.3 is 0 Å². The first kappa shape index (κ1) is 27.0. The standard InChI is InChI=1S/C30H32FN7O2/c1-37(2)30(39)20-8-4-7-19(15-20)22-17-34-27(16-24(22)38-14-6-9-21(32)18-38)35-26-12-13-33-29(36-26)28-23(31)10-5-11-25(28)40-3/h4-5,7-8,10-13,15-17,21H,6,9,14,18,32H2,1-3H3,(H,33,34,35,36)/t21-/m0/s1. The summed E-state index contributed by atoms with van der Waals surface area (Å²) in [5, 5.41) is 3.24. The minimum absolute atomic E-state index is 0.0630. The van der Waals surface area contributed by atoms with Crippen molar-refractivity contribution in [2.75, 3.05) is 44.5 Å². The lowest BCUT2D eigenvalue weighted by atomic mass is 9.99. The second kappa shape index (κ2) is 11.7. The Balaban J connectivity index is 1.52. The van der Waals surface area contributed by atoms with Gasteiger partial charge in [-0.1, -0.05) is 18.2 Å². The van der Waals surface area contributed by atoms with Gasteiger partial charge < -0.3 is 25.6 Å². The normalized spacial score (nSPS) is 15.0. The molecule has 2 aromatic heterocycles. The number of ether oxygens (including phenoxy) is 1. The molecule has 2 aromatic carbocycles. The summed E-state index contributed by atoms with van der Waals surface area (Å²) in [6.07, 6.45) is 5.30. The van der Waals surface area contributed by atoms with E-state index in [9.17, 15) is 9.18 Å². The molecule has 1 amide bonds. The lowest BCUT2D eigenvalue weighted by Crippen LogP contribution is -2.43. The van der Waals surface area contributed by atoms with Crippen molar-refractivity contribution in [1.29, 1.82) is 0 Å². The molecular formula is C30H32FN7O2. The number of methoxy groups -OCH3 is 1. The minimum atomic E-state index is -0.474. The molecule has 9 nitrogen and oxygen atoms in total. The van der Waals surface area contributed by atoms with Gasteiger partial charge in [0.1, 0.15) is 23.2 Å². The summed E-state index contributed by atoms with van der Waals surface area (Å²) >= 11 is 0. The van der Waals surface area contributed by atoms with Crippen LogP contribution in [0.2, 0.25) is 0 Å². The van der Waals surface area contributed by atoms with Gasteiger partial charge in [0, 0.05) is 68.5 Å². The van der Waals surface area contributed by atoms with Crippen LogP contribution in [0.4, 0.5) is 21.7 Å². The molecule has 10 heteroatoms. The topological polar surface area (TPSA) is 109 Å². The van der Waals surface area contributed by atoms with Crippen LogP contribution in [-0.4, -0.2) is 66.1 Å². The zero-order valence-corrected chi connectivity index (χ0v) is 22.8. The van der Waals surface area contributed by atoms with Crippen LogP contribution in [0.25, 0.3) is 22.5 Å². The molecule has 1 aliphatic rings. The fraction of sp³-hybridized carbons (Fsp3) is 0.267. The Labute approximate surface area is 232 Å². The number of rotatable bonds is 7. The number of carbonyl (C=O) groups excluding carboxylic acids is 1. The van der Waals surface area contributed by atoms with Crippen molar-refractivity contribution in [2.45, 2.75) is 18.9 Å². The third-order valence-corrected chi connectivity index (χ3v) is 6.84. The summed E-state index contributed by atoms with van der Waals surface area (Å²) in [6.45, 7) is 1.56. The number of nitrogens with zero attached hydrogens (tertiary/aromatic N) is 5. The fourth-order valence-electron chi connectivity index (χ4n) is 4.88. The van der Waals surface area contributed by atoms with Gasteiger partial charge in [-0.05, 0) is 48.7 Å². The van der Waals surface area contributed by atoms with E-state index in [1.165, 1.54) is 13.2 Å². The molecule has 40 heavy (non-hydrogen) atoms. The number of carbonyl (C=O) groups is 1. The number of anilines is 3. The minimum Gasteiger partial charge on any atom is -0.496 e. The first-order valence-electron chi connectivity index (χ1n) is 13.1. The van der Waals surface area contributed by atoms with Crippen LogP contribution >= 0.6 is 0 Å². The van der Waals surface area contributed by atoms with Crippen molar-refractivity contribution in [3.8, 4) is 28.3 Å². The maximum atomic E-state index is 14.7. The summed E-state index contributed by atoms with van der Waals surface area (Å²) in [5.41, 5.74) is 9.86. The summed E-state index contributed by atoms with van der Waals surface area (Å²) in [6, 6.07) is 15.8. The van der Waals surface area contributed by atoms with Gasteiger partial charge in [-0.3, -0.25) is 4.79 Å². The van der Waals surface area contributed by atoms with E-state index >= 15 is 0 Å². The zero-order chi connectivity index (χ0) is 28.2. The molecule has 4 aromatic rings. The van der Waals surface area contributed by atoms with Crippen LogP contribution in [0.1, 0.15) is 23.2 Å². The van der Waals surface area contributed by atoms with Gasteiger partial charge in [0.15, 0.2) is 5.82 Å². The number of benzene rings is 2. The quantitative estimate of drug-likeness (QED) is 0.346. The van der Waals surface area contributed by atoms with Crippen molar-refractivity contribution in [2.24, 2.45) is 5.73 Å². The number of halogens is 1. The molecular weight excluding hydrogens is 509 g/mol. The van der Waals surface area contributed by atoms with Crippen LogP contribution < -0.4 is 20.7 Å². The molecule has 0 spiro atoms. The second-order valence-corrected chi connectivity index (χ2v) is 9.92. The average molecular weight is 542 g/mol. The number of hydrogen-bond acceptors (Lipinski definition) is 8. The van der Waals surface area contributed by atoms with Crippen molar-refractivity contribution in [1.82, 2.24) is 19.9 Å². The van der Waals surface area contributed by atoms with E-state index in [2.05, 4.69) is 25.2 Å². The van der Waals surface area contributed by atoms with E-state index in [4.69, 9.17) is 10.5 Å². The Bertz CT molecular complexity index is 1530. The molecule has 3 heterocycles. The molecule has 0 saturated carbocycles. The molecule has 1 fully saturated rings. The summed E-state index contributed by atoms with van der Waals surface area (Å²) in [5.74, 6) is 1.01. The molecule has 1 aliphatic heterocycles. The van der Waals surface area contributed by atoms with E-state index < -0.39 is 5.82 Å². The first-order chi connectivity index (χ1) is 19.3. The molecule has 3 N–H and O–H groups in total. The number of nitrogens with one attached hydrogen (secondary N) is 1. The molecule has 206 valence electrons. The Morgan fingerprint density at radius 3 is 2.73 bits per heavy atom. The smallest absolute Gasteiger partial charge is 0.253 e. The molecule has 1 saturated heterocycles. The first-order valence-corrected chi connectivity index (χ1v) is 13.1. The Hall–Kier alpha value is -4.57. The number of aromatic nitrogens is 3.